The largest absolute Gasteiger partial charge is 0.462 e. The molecule has 156 valence electrons. The fraction of sp³-hybridized carbons (Fsp3) is 0.458. The normalized spacial score (nSPS) is 30.7. The number of nitrogens with two attached hydrogens (primary N) is 1. The molecule has 0 bridgehead atoms. The summed E-state index contributed by atoms with van der Waals surface area (Å²) < 4.78 is 11.4. The molecular formula is C24H28N4O2. The van der Waals surface area contributed by atoms with Gasteiger partial charge in [0.1, 0.15) is 12.1 Å². The van der Waals surface area contributed by atoms with E-state index in [0.717, 1.165) is 43.2 Å². The van der Waals surface area contributed by atoms with E-state index in [1.807, 2.05) is 6.08 Å². The number of fused-ring (bicyclic) bond motifs is 3. The van der Waals surface area contributed by atoms with E-state index in [0.29, 0.717) is 18.3 Å². The van der Waals surface area contributed by atoms with Crippen molar-refractivity contribution >= 4 is 18.3 Å². The Bertz CT molecular complexity index is 993. The summed E-state index contributed by atoms with van der Waals surface area (Å²) in [5.41, 5.74) is 10.5. The highest BCUT2D eigenvalue weighted by Crippen LogP contribution is 2.61. The first-order valence-corrected chi connectivity index (χ1v) is 10.4. The van der Waals surface area contributed by atoms with E-state index in [-0.39, 0.29) is 11.4 Å². The lowest BCUT2D eigenvalue weighted by atomic mass is 9.62. The number of hydrogen-bond donors (Lipinski definition) is 1. The first kappa shape index (κ1) is 20.4. The second-order valence-electron chi connectivity index (χ2n) is 8.57. The van der Waals surface area contributed by atoms with E-state index in [2.05, 4.69) is 36.0 Å². The molecule has 6 nitrogen and oxygen atoms in total. The van der Waals surface area contributed by atoms with E-state index < -0.39 is 5.54 Å². The highest BCUT2D eigenvalue weighted by atomic mass is 16.5. The van der Waals surface area contributed by atoms with Crippen LogP contribution in [0.4, 0.5) is 0 Å². The number of rotatable bonds is 4. The second-order valence-corrected chi connectivity index (χ2v) is 8.57. The van der Waals surface area contributed by atoms with Gasteiger partial charge >= 0.3 is 0 Å². The number of methoxy groups -OCH3 is 1. The van der Waals surface area contributed by atoms with Gasteiger partial charge < -0.3 is 15.2 Å². The Morgan fingerprint density at radius 2 is 2.20 bits per heavy atom. The minimum atomic E-state index is -0.470. The fourth-order valence-electron chi connectivity index (χ4n) is 5.46. The molecule has 2 spiro atoms. The Morgan fingerprint density at radius 1 is 1.43 bits per heavy atom. The smallest absolute Gasteiger partial charge is 0.283 e. The third kappa shape index (κ3) is 3.14. The van der Waals surface area contributed by atoms with E-state index in [9.17, 15) is 5.26 Å². The molecular weight excluding hydrogens is 376 g/mol. The van der Waals surface area contributed by atoms with Crippen molar-refractivity contribution in [3.05, 3.63) is 52.7 Å². The molecule has 3 aliphatic rings. The maximum atomic E-state index is 9.21. The van der Waals surface area contributed by atoms with Gasteiger partial charge in [0.15, 0.2) is 0 Å². The summed E-state index contributed by atoms with van der Waals surface area (Å²) in [5, 5.41) is 9.21. The summed E-state index contributed by atoms with van der Waals surface area (Å²) >= 11 is 0. The van der Waals surface area contributed by atoms with Crippen molar-refractivity contribution in [2.45, 2.75) is 50.7 Å². The summed E-state index contributed by atoms with van der Waals surface area (Å²) in [7, 11) is 1.79. The van der Waals surface area contributed by atoms with Crippen molar-refractivity contribution in [2.75, 3.05) is 13.7 Å². The second kappa shape index (κ2) is 7.73. The standard InChI is InChI=1S/C24H28N4O2/c1-16(13-25)10-19(14-27-2)17-4-5-18-12-23(8-6-20(29-3)7-9-23)24(21(18)11-17)15-30-22(26)28-24/h4-5,10-11,14,20H,2,6-9,12,15H2,1,3H3,(H2,26,28)/b16-10+,19-14+/t20-,23-,24-/m0/s1. The molecule has 1 heterocycles. The van der Waals surface area contributed by atoms with Gasteiger partial charge in [-0.2, -0.15) is 5.26 Å². The first-order valence-electron chi connectivity index (χ1n) is 10.4. The van der Waals surface area contributed by atoms with Crippen LogP contribution in [0.15, 0.2) is 46.0 Å². The van der Waals surface area contributed by atoms with Gasteiger partial charge in [-0.25, -0.2) is 4.99 Å². The van der Waals surface area contributed by atoms with Crippen LogP contribution in [-0.4, -0.2) is 32.6 Å². The molecule has 2 aliphatic carbocycles. The molecule has 4 rings (SSSR count). The van der Waals surface area contributed by atoms with Gasteiger partial charge in [-0.1, -0.05) is 12.1 Å². The van der Waals surface area contributed by atoms with Crippen LogP contribution in [0, 0.1) is 16.7 Å². The summed E-state index contributed by atoms with van der Waals surface area (Å²) in [4.78, 5) is 8.86. The van der Waals surface area contributed by atoms with Crippen LogP contribution in [0.5, 0.6) is 0 Å². The predicted octanol–water partition coefficient (Wildman–Crippen LogP) is 3.87. The quantitative estimate of drug-likeness (QED) is 0.468. The average Bonchev–Trinajstić information content (AvgIpc) is 3.27. The topological polar surface area (TPSA) is 93.0 Å². The number of hydrogen-bond acceptors (Lipinski definition) is 6. The lowest BCUT2D eigenvalue weighted by Crippen LogP contribution is -2.46. The lowest BCUT2D eigenvalue weighted by Gasteiger charge is -2.45. The summed E-state index contributed by atoms with van der Waals surface area (Å²) in [6, 6.07) is 8.89. The molecule has 0 amide bonds. The van der Waals surface area contributed by atoms with Crippen LogP contribution in [-0.2, 0) is 21.4 Å². The summed E-state index contributed by atoms with van der Waals surface area (Å²) in [5.74, 6) is 0. The van der Waals surface area contributed by atoms with Gasteiger partial charge in [0.2, 0.25) is 0 Å². The number of benzene rings is 1. The molecule has 0 saturated heterocycles. The van der Waals surface area contributed by atoms with Crippen molar-refractivity contribution in [2.24, 2.45) is 21.1 Å². The van der Waals surface area contributed by atoms with Crippen molar-refractivity contribution in [1.29, 1.82) is 5.26 Å². The Hall–Kier alpha value is -2.91. The highest BCUT2D eigenvalue weighted by molar-refractivity contribution is 5.78. The van der Waals surface area contributed by atoms with E-state index in [4.69, 9.17) is 20.2 Å². The minimum Gasteiger partial charge on any atom is -0.462 e. The van der Waals surface area contributed by atoms with Crippen LogP contribution in [0.2, 0.25) is 0 Å². The third-order valence-corrected chi connectivity index (χ3v) is 7.03. The van der Waals surface area contributed by atoms with Crippen LogP contribution in [0.3, 0.4) is 0 Å². The molecule has 1 aromatic carbocycles. The Morgan fingerprint density at radius 3 is 2.80 bits per heavy atom. The third-order valence-electron chi connectivity index (χ3n) is 7.03. The average molecular weight is 405 g/mol. The summed E-state index contributed by atoms with van der Waals surface area (Å²) in [6.07, 6.45) is 8.88. The van der Waals surface area contributed by atoms with Crippen molar-refractivity contribution in [1.82, 2.24) is 0 Å². The molecule has 1 aliphatic heterocycles. The Balaban J connectivity index is 1.81. The number of nitrogens with zero attached hydrogens (tertiary/aromatic N) is 3. The fourth-order valence-corrected chi connectivity index (χ4v) is 5.46. The Labute approximate surface area is 177 Å². The molecule has 0 radical (unpaired) electrons. The maximum Gasteiger partial charge on any atom is 0.283 e. The predicted molar refractivity (Wildman–Crippen MR) is 118 cm³/mol. The van der Waals surface area contributed by atoms with Crippen molar-refractivity contribution in [3.63, 3.8) is 0 Å². The molecule has 1 atom stereocenters. The highest BCUT2D eigenvalue weighted by Gasteiger charge is 2.61. The van der Waals surface area contributed by atoms with Crippen LogP contribution in [0.1, 0.15) is 49.3 Å². The van der Waals surface area contributed by atoms with Gasteiger partial charge in [-0.05, 0) is 74.6 Å². The number of aliphatic imine (C=N–C) groups is 2. The van der Waals surface area contributed by atoms with Gasteiger partial charge in [0.05, 0.1) is 12.2 Å². The zero-order valence-electron chi connectivity index (χ0n) is 17.6. The maximum absolute atomic E-state index is 9.21. The van der Waals surface area contributed by atoms with Gasteiger partial charge in [-0.3, -0.25) is 4.99 Å². The minimum absolute atomic E-state index is 0.0108. The van der Waals surface area contributed by atoms with Crippen LogP contribution >= 0.6 is 0 Å². The monoisotopic (exact) mass is 404 g/mol. The van der Waals surface area contributed by atoms with E-state index in [1.54, 1.807) is 20.2 Å². The molecule has 1 fully saturated rings. The zero-order valence-corrected chi connectivity index (χ0v) is 17.6. The molecule has 1 saturated carbocycles. The molecule has 1 aromatic rings. The molecule has 0 aromatic heterocycles. The lowest BCUT2D eigenvalue weighted by molar-refractivity contribution is -0.00984. The van der Waals surface area contributed by atoms with Crippen molar-refractivity contribution in [3.8, 4) is 6.07 Å². The molecule has 30 heavy (non-hydrogen) atoms. The van der Waals surface area contributed by atoms with Crippen LogP contribution in [0.25, 0.3) is 5.57 Å². The zero-order chi connectivity index (χ0) is 21.4. The number of nitriles is 1. The summed E-state index contributed by atoms with van der Waals surface area (Å²) in [6.45, 7) is 5.84. The first-order chi connectivity index (χ1) is 14.5. The van der Waals surface area contributed by atoms with Crippen molar-refractivity contribution < 1.29 is 9.47 Å². The molecule has 2 N–H and O–H groups in total. The molecule has 0 unspecified atom stereocenters. The number of allylic oxidation sites excluding steroid dienone is 3. The van der Waals surface area contributed by atoms with Gasteiger partial charge in [0, 0.05) is 29.9 Å². The number of ether oxygens (including phenoxy) is 2. The van der Waals surface area contributed by atoms with E-state index in [1.165, 1.54) is 11.1 Å². The van der Waals surface area contributed by atoms with Gasteiger partial charge in [0.25, 0.3) is 6.02 Å². The SMILES string of the molecule is C=N/C=C(\C=C(/C)C#N)c1ccc2c(c1)[C@@]1(COC(N)=N1)[C@]1(CC[C@H](OC)CC1)C2. The van der Waals surface area contributed by atoms with Crippen LogP contribution < -0.4 is 5.73 Å². The molecule has 6 heteroatoms. The van der Waals surface area contributed by atoms with E-state index >= 15 is 0 Å². The number of amidine groups is 1. The van der Waals surface area contributed by atoms with Gasteiger partial charge in [-0.15, -0.1) is 0 Å². The Kier molecular flexibility index (Phi) is 5.25.